The smallest absolute Gasteiger partial charge is 0.433 e. The molecule has 5 heterocycles. The summed E-state index contributed by atoms with van der Waals surface area (Å²) in [6.07, 6.45) is -8.49. The first-order chi connectivity index (χ1) is 18.9. The number of carbonyl (C=O) groups is 2. The zero-order valence-electron chi connectivity index (χ0n) is 21.2. The second kappa shape index (κ2) is 9.29. The summed E-state index contributed by atoms with van der Waals surface area (Å²) in [4.78, 5) is 32.8. The van der Waals surface area contributed by atoms with Crippen molar-refractivity contribution in [2.24, 2.45) is 5.73 Å². The molecule has 0 saturated carbocycles. The molecule has 5 aromatic heterocycles. The van der Waals surface area contributed by atoms with Gasteiger partial charge in [-0.15, -0.1) is 11.3 Å². The average Bonchev–Trinajstić information content (AvgIpc) is 3.59. The number of fused-ring (bicyclic) bond motifs is 2. The van der Waals surface area contributed by atoms with Gasteiger partial charge in [-0.25, -0.2) is 14.5 Å². The molecule has 0 aliphatic rings. The summed E-state index contributed by atoms with van der Waals surface area (Å²) in [5.41, 5.74) is 1.09. The van der Waals surface area contributed by atoms with Crippen LogP contribution in [0.15, 0.2) is 41.0 Å². The van der Waals surface area contributed by atoms with E-state index in [-0.39, 0.29) is 43.4 Å². The van der Waals surface area contributed by atoms with E-state index in [0.29, 0.717) is 21.9 Å². The number of nitrogens with one attached hydrogen (secondary N) is 1. The summed E-state index contributed by atoms with van der Waals surface area (Å²) >= 11 is 0.498. The highest BCUT2D eigenvalue weighted by molar-refractivity contribution is 7.21. The molecule has 9 nitrogen and oxygen atoms in total. The van der Waals surface area contributed by atoms with Crippen LogP contribution in [0, 0.1) is 0 Å². The number of nitrogens with zero attached hydrogens (tertiary/aromatic N) is 4. The Kier molecular flexibility index (Phi) is 6.36. The number of halogens is 6. The zero-order chi connectivity index (χ0) is 30.1. The number of carbonyl (C=O) groups excluding carboxylic acids is 2. The Bertz CT molecular complexity index is 1830. The Hall–Kier alpha value is -4.47. The summed E-state index contributed by atoms with van der Waals surface area (Å²) in [5.74, 6) is -2.20. The van der Waals surface area contributed by atoms with Crippen molar-refractivity contribution in [2.75, 3.05) is 5.32 Å². The van der Waals surface area contributed by atoms with E-state index in [1.807, 2.05) is 0 Å². The molecular formula is C25H18F6N6O3S. The van der Waals surface area contributed by atoms with Crippen molar-refractivity contribution >= 4 is 44.7 Å². The lowest BCUT2D eigenvalue weighted by molar-refractivity contribution is -0.143. The summed E-state index contributed by atoms with van der Waals surface area (Å²) in [6.45, 7) is 4.99. The molecule has 0 aliphatic heterocycles. The average molecular weight is 597 g/mol. The van der Waals surface area contributed by atoms with Gasteiger partial charge < -0.3 is 15.5 Å². The number of pyridine rings is 1. The highest BCUT2D eigenvalue weighted by atomic mass is 32.1. The molecular weight excluding hydrogens is 578 g/mol. The molecule has 0 fully saturated rings. The van der Waals surface area contributed by atoms with Crippen molar-refractivity contribution in [3.05, 3.63) is 64.2 Å². The van der Waals surface area contributed by atoms with Crippen molar-refractivity contribution in [1.82, 2.24) is 19.6 Å². The van der Waals surface area contributed by atoms with Crippen LogP contribution in [-0.4, -0.2) is 31.4 Å². The quantitative estimate of drug-likeness (QED) is 0.235. The first-order valence-corrected chi connectivity index (χ1v) is 12.4. The number of rotatable bonds is 4. The van der Waals surface area contributed by atoms with Crippen LogP contribution >= 0.6 is 11.3 Å². The van der Waals surface area contributed by atoms with Crippen molar-refractivity contribution in [3.8, 4) is 11.3 Å². The first-order valence-electron chi connectivity index (χ1n) is 11.6. The van der Waals surface area contributed by atoms with E-state index >= 15 is 0 Å². The van der Waals surface area contributed by atoms with Crippen molar-refractivity contribution < 1.29 is 40.3 Å². The number of nitrogens with two attached hydrogens (primary N) is 1. The van der Waals surface area contributed by atoms with E-state index in [9.17, 15) is 35.9 Å². The normalized spacial score (nSPS) is 12.8. The van der Waals surface area contributed by atoms with Crippen LogP contribution in [0.4, 0.5) is 32.0 Å². The Labute approximate surface area is 230 Å². The summed E-state index contributed by atoms with van der Waals surface area (Å²) in [6, 6.07) is 5.32. The number of alkyl halides is 6. The maximum absolute atomic E-state index is 13.9. The third kappa shape index (κ3) is 5.10. The maximum Gasteiger partial charge on any atom is 0.433 e. The van der Waals surface area contributed by atoms with Gasteiger partial charge in [0.2, 0.25) is 0 Å². The number of hydrogen-bond donors (Lipinski definition) is 2. The van der Waals surface area contributed by atoms with Gasteiger partial charge in [0, 0.05) is 22.4 Å². The van der Waals surface area contributed by atoms with Crippen molar-refractivity contribution in [2.45, 2.75) is 38.5 Å². The monoisotopic (exact) mass is 596 g/mol. The molecule has 0 saturated heterocycles. The molecule has 0 aliphatic carbocycles. The number of amides is 2. The number of hydrogen-bond acceptors (Lipinski definition) is 7. The van der Waals surface area contributed by atoms with Crippen molar-refractivity contribution in [1.29, 1.82) is 0 Å². The number of thiophene rings is 1. The molecule has 3 N–H and O–H groups in total. The third-order valence-electron chi connectivity index (χ3n) is 5.92. The van der Waals surface area contributed by atoms with E-state index in [1.54, 1.807) is 20.8 Å². The molecule has 16 heteroatoms. The summed E-state index contributed by atoms with van der Waals surface area (Å²) in [7, 11) is 0. The fourth-order valence-corrected chi connectivity index (χ4v) is 5.02. The standard InChI is InChI=1S/C25H18F6N6O3S/c1-23(2,3)13-9-15(25(29,30)31)37-16(33-13)8-11(36-37)21(39)35-18-17-10(12-5-4-6-40-12)7-14(24(26,27)28)34-22(17)41-19(18)20(32)38/h4-9H,1-3H3,(H2,32,38)(H,35,39). The van der Waals surface area contributed by atoms with Crippen LogP contribution in [0.2, 0.25) is 0 Å². The molecule has 0 spiro atoms. The van der Waals surface area contributed by atoms with Crippen LogP contribution in [0.3, 0.4) is 0 Å². The van der Waals surface area contributed by atoms with Gasteiger partial charge in [-0.2, -0.15) is 31.4 Å². The molecule has 5 aromatic rings. The summed E-state index contributed by atoms with van der Waals surface area (Å²) in [5, 5.41) is 6.07. The lowest BCUT2D eigenvalue weighted by Gasteiger charge is -2.19. The minimum atomic E-state index is -4.86. The minimum absolute atomic E-state index is 0.0336. The lowest BCUT2D eigenvalue weighted by atomic mass is 9.91. The van der Waals surface area contributed by atoms with Crippen LogP contribution in [0.25, 0.3) is 27.2 Å². The fraction of sp³-hybridized carbons (Fsp3) is 0.240. The molecule has 2 amide bonds. The molecule has 5 rings (SSSR count). The SMILES string of the molecule is CC(C)(C)c1cc(C(F)(F)F)n2nc(C(=O)Nc3c(C(N)=O)sc4nc(C(F)(F)F)cc(-c5ccco5)c34)cc2n1. The van der Waals surface area contributed by atoms with E-state index in [0.717, 1.165) is 12.1 Å². The Morgan fingerprint density at radius 3 is 2.27 bits per heavy atom. The van der Waals surface area contributed by atoms with Crippen LogP contribution in [0.1, 0.15) is 58.0 Å². The van der Waals surface area contributed by atoms with Gasteiger partial charge >= 0.3 is 12.4 Å². The van der Waals surface area contributed by atoms with Gasteiger partial charge in [-0.1, -0.05) is 20.8 Å². The lowest BCUT2D eigenvalue weighted by Crippen LogP contribution is -2.20. The first kappa shape index (κ1) is 28.1. The van der Waals surface area contributed by atoms with Gasteiger partial charge in [0.25, 0.3) is 11.8 Å². The number of primary amides is 1. The molecule has 214 valence electrons. The molecule has 41 heavy (non-hydrogen) atoms. The second-order valence-corrected chi connectivity index (χ2v) is 10.9. The zero-order valence-corrected chi connectivity index (χ0v) is 22.0. The highest BCUT2D eigenvalue weighted by Gasteiger charge is 2.38. The van der Waals surface area contributed by atoms with Crippen molar-refractivity contribution in [3.63, 3.8) is 0 Å². The van der Waals surface area contributed by atoms with E-state index in [2.05, 4.69) is 20.4 Å². The number of furan rings is 1. The second-order valence-electron chi connectivity index (χ2n) is 9.91. The fourth-order valence-electron chi connectivity index (χ4n) is 4.01. The Morgan fingerprint density at radius 2 is 1.71 bits per heavy atom. The maximum atomic E-state index is 13.9. The minimum Gasteiger partial charge on any atom is -0.464 e. The van der Waals surface area contributed by atoms with Crippen LogP contribution in [0.5, 0.6) is 0 Å². The largest absolute Gasteiger partial charge is 0.464 e. The van der Waals surface area contributed by atoms with Gasteiger partial charge in [0.05, 0.1) is 17.6 Å². The van der Waals surface area contributed by atoms with E-state index < -0.39 is 46.7 Å². The predicted molar refractivity (Wildman–Crippen MR) is 135 cm³/mol. The predicted octanol–water partition coefficient (Wildman–Crippen LogP) is 6.29. The van der Waals surface area contributed by atoms with Gasteiger partial charge in [-0.05, 0) is 24.3 Å². The number of anilines is 1. The highest BCUT2D eigenvalue weighted by Crippen LogP contribution is 2.44. The molecule has 0 bridgehead atoms. The molecule has 0 unspecified atom stereocenters. The number of aromatic nitrogens is 4. The molecule has 0 aromatic carbocycles. The Morgan fingerprint density at radius 1 is 1.00 bits per heavy atom. The topological polar surface area (TPSA) is 128 Å². The van der Waals surface area contributed by atoms with Gasteiger partial charge in [0.15, 0.2) is 11.3 Å². The van der Waals surface area contributed by atoms with Crippen LogP contribution < -0.4 is 11.1 Å². The molecule has 0 radical (unpaired) electrons. The van der Waals surface area contributed by atoms with E-state index in [4.69, 9.17) is 10.2 Å². The van der Waals surface area contributed by atoms with Gasteiger partial charge in [0.1, 0.15) is 26.9 Å². The van der Waals surface area contributed by atoms with Crippen LogP contribution in [-0.2, 0) is 17.8 Å². The molecule has 0 atom stereocenters. The third-order valence-corrected chi connectivity index (χ3v) is 7.02. The van der Waals surface area contributed by atoms with Gasteiger partial charge in [-0.3, -0.25) is 9.59 Å². The van der Waals surface area contributed by atoms with E-state index in [1.165, 1.54) is 18.4 Å². The summed E-state index contributed by atoms with van der Waals surface area (Å²) < 4.78 is 88.2. The Balaban J connectivity index is 1.68.